The minimum absolute atomic E-state index is 0.0703. The second-order valence-electron chi connectivity index (χ2n) is 4.98. The predicted octanol–water partition coefficient (Wildman–Crippen LogP) is 1.42. The number of hydrogen-bond acceptors (Lipinski definition) is 3. The number of aliphatic carboxylic acids is 1. The number of nitrogens with one attached hydrogen (secondary N) is 1. The van der Waals surface area contributed by atoms with E-state index < -0.39 is 11.6 Å². The van der Waals surface area contributed by atoms with Gasteiger partial charge in [-0.3, -0.25) is 9.59 Å². The molecule has 17 heavy (non-hydrogen) atoms. The number of methoxy groups -OCH3 is 1. The fraction of sp³-hybridized carbons (Fsp3) is 0.833. The van der Waals surface area contributed by atoms with Crippen LogP contribution in [0.1, 0.15) is 40.0 Å². The summed E-state index contributed by atoms with van der Waals surface area (Å²) in [7, 11) is 1.57. The summed E-state index contributed by atoms with van der Waals surface area (Å²) in [6.07, 6.45) is 1.01. The second-order valence-corrected chi connectivity index (χ2v) is 4.98. The number of amides is 1. The highest BCUT2D eigenvalue weighted by atomic mass is 16.5. The highest BCUT2D eigenvalue weighted by Gasteiger charge is 2.21. The van der Waals surface area contributed by atoms with Crippen molar-refractivity contribution in [1.29, 1.82) is 0 Å². The first-order chi connectivity index (χ1) is 7.76. The zero-order valence-electron chi connectivity index (χ0n) is 11.1. The maximum absolute atomic E-state index is 11.6. The van der Waals surface area contributed by atoms with Crippen LogP contribution in [0, 0.1) is 5.92 Å². The SMILES string of the molecule is COC(C)(C)CC(=O)NCC(C)CCC(=O)O. The molecule has 1 atom stereocenters. The lowest BCUT2D eigenvalue weighted by atomic mass is 10.0. The quantitative estimate of drug-likeness (QED) is 0.678. The Kier molecular flexibility index (Phi) is 6.80. The van der Waals surface area contributed by atoms with Crippen molar-refractivity contribution in [3.05, 3.63) is 0 Å². The summed E-state index contributed by atoms with van der Waals surface area (Å²) < 4.78 is 5.16. The number of carboxylic acid groups (broad SMARTS) is 1. The molecular weight excluding hydrogens is 222 g/mol. The van der Waals surface area contributed by atoms with E-state index >= 15 is 0 Å². The maximum atomic E-state index is 11.6. The van der Waals surface area contributed by atoms with E-state index in [2.05, 4.69) is 5.32 Å². The zero-order valence-corrected chi connectivity index (χ0v) is 11.1. The molecule has 0 rings (SSSR count). The molecule has 0 heterocycles. The van der Waals surface area contributed by atoms with Crippen LogP contribution in [0.15, 0.2) is 0 Å². The molecule has 2 N–H and O–H groups in total. The molecule has 5 nitrogen and oxygen atoms in total. The molecule has 5 heteroatoms. The van der Waals surface area contributed by atoms with E-state index in [0.717, 1.165) is 0 Å². The Labute approximate surface area is 103 Å². The fourth-order valence-electron chi connectivity index (χ4n) is 1.28. The number of hydrogen-bond donors (Lipinski definition) is 2. The molecule has 0 aromatic carbocycles. The van der Waals surface area contributed by atoms with Gasteiger partial charge in [-0.05, 0) is 26.2 Å². The largest absolute Gasteiger partial charge is 0.481 e. The molecule has 0 aliphatic rings. The number of carbonyl (C=O) groups is 2. The minimum atomic E-state index is -0.802. The Morgan fingerprint density at radius 1 is 1.41 bits per heavy atom. The normalized spacial score (nSPS) is 13.2. The summed E-state index contributed by atoms with van der Waals surface area (Å²) in [5.41, 5.74) is -0.464. The third-order valence-electron chi connectivity index (χ3n) is 2.64. The number of carbonyl (C=O) groups excluding carboxylic acids is 1. The average molecular weight is 245 g/mol. The van der Waals surface area contributed by atoms with Gasteiger partial charge in [0.2, 0.25) is 5.91 Å². The van der Waals surface area contributed by atoms with Gasteiger partial charge in [-0.2, -0.15) is 0 Å². The summed E-state index contributed by atoms with van der Waals surface area (Å²) in [6, 6.07) is 0. The van der Waals surface area contributed by atoms with Gasteiger partial charge in [0, 0.05) is 20.1 Å². The van der Waals surface area contributed by atoms with Crippen LogP contribution in [0.5, 0.6) is 0 Å². The highest BCUT2D eigenvalue weighted by Crippen LogP contribution is 2.12. The Morgan fingerprint density at radius 2 is 2.00 bits per heavy atom. The first-order valence-electron chi connectivity index (χ1n) is 5.80. The molecule has 100 valence electrons. The molecule has 0 aromatic rings. The third-order valence-corrected chi connectivity index (χ3v) is 2.64. The van der Waals surface area contributed by atoms with Crippen molar-refractivity contribution in [2.45, 2.75) is 45.6 Å². The lowest BCUT2D eigenvalue weighted by Gasteiger charge is -2.22. The van der Waals surface area contributed by atoms with E-state index in [9.17, 15) is 9.59 Å². The molecule has 0 spiro atoms. The molecule has 0 aromatic heterocycles. The standard InChI is InChI=1S/C12H23NO4/c1-9(5-6-11(15)16)8-13-10(14)7-12(2,3)17-4/h9H,5-8H2,1-4H3,(H,13,14)(H,15,16). The summed E-state index contributed by atoms with van der Waals surface area (Å²) >= 11 is 0. The first-order valence-corrected chi connectivity index (χ1v) is 5.80. The maximum Gasteiger partial charge on any atom is 0.303 e. The molecule has 0 aliphatic heterocycles. The van der Waals surface area contributed by atoms with Crippen molar-refractivity contribution in [2.75, 3.05) is 13.7 Å². The molecule has 0 saturated heterocycles. The van der Waals surface area contributed by atoms with Crippen molar-refractivity contribution in [3.63, 3.8) is 0 Å². The van der Waals surface area contributed by atoms with Crippen molar-refractivity contribution >= 4 is 11.9 Å². The van der Waals surface area contributed by atoms with E-state index in [1.807, 2.05) is 20.8 Å². The van der Waals surface area contributed by atoms with Crippen molar-refractivity contribution < 1.29 is 19.4 Å². The third kappa shape index (κ3) is 8.68. The second kappa shape index (κ2) is 7.27. The van der Waals surface area contributed by atoms with Gasteiger partial charge < -0.3 is 15.2 Å². The minimum Gasteiger partial charge on any atom is -0.481 e. The van der Waals surface area contributed by atoms with Crippen molar-refractivity contribution in [1.82, 2.24) is 5.32 Å². The summed E-state index contributed by atoms with van der Waals surface area (Å²) in [5, 5.41) is 11.3. The van der Waals surface area contributed by atoms with E-state index in [0.29, 0.717) is 19.4 Å². The molecule has 0 fully saturated rings. The van der Waals surface area contributed by atoms with E-state index in [1.165, 1.54) is 0 Å². The van der Waals surface area contributed by atoms with Crippen molar-refractivity contribution in [2.24, 2.45) is 5.92 Å². The Bertz CT molecular complexity index is 263. The van der Waals surface area contributed by atoms with E-state index in [1.54, 1.807) is 7.11 Å². The van der Waals surface area contributed by atoms with Gasteiger partial charge in [-0.1, -0.05) is 6.92 Å². The summed E-state index contributed by atoms with van der Waals surface area (Å²) in [6.45, 7) is 6.12. The van der Waals surface area contributed by atoms with Gasteiger partial charge in [-0.25, -0.2) is 0 Å². The summed E-state index contributed by atoms with van der Waals surface area (Å²) in [5.74, 6) is -0.705. The molecule has 1 unspecified atom stereocenters. The van der Waals surface area contributed by atoms with Crippen LogP contribution in [0.3, 0.4) is 0 Å². The lowest BCUT2D eigenvalue weighted by Crippen LogP contribution is -2.35. The predicted molar refractivity (Wildman–Crippen MR) is 64.7 cm³/mol. The van der Waals surface area contributed by atoms with E-state index in [-0.39, 0.29) is 18.2 Å². The lowest BCUT2D eigenvalue weighted by molar-refractivity contribution is -0.137. The first kappa shape index (κ1) is 15.9. The van der Waals surface area contributed by atoms with Crippen LogP contribution in [-0.4, -0.2) is 36.2 Å². The Hall–Kier alpha value is -1.10. The topological polar surface area (TPSA) is 75.6 Å². The molecular formula is C12H23NO4. The monoisotopic (exact) mass is 245 g/mol. The molecule has 0 radical (unpaired) electrons. The van der Waals surface area contributed by atoms with Crippen LogP contribution in [0.25, 0.3) is 0 Å². The number of rotatable bonds is 8. The number of ether oxygens (including phenoxy) is 1. The van der Waals surface area contributed by atoms with Gasteiger partial charge in [0.05, 0.1) is 12.0 Å². The van der Waals surface area contributed by atoms with Crippen LogP contribution in [0.4, 0.5) is 0 Å². The summed E-state index contributed by atoms with van der Waals surface area (Å²) in [4.78, 5) is 21.9. The zero-order chi connectivity index (χ0) is 13.5. The molecule has 0 saturated carbocycles. The molecule has 0 bridgehead atoms. The average Bonchev–Trinajstić information content (AvgIpc) is 2.23. The van der Waals surface area contributed by atoms with Crippen LogP contribution < -0.4 is 5.32 Å². The fourth-order valence-corrected chi connectivity index (χ4v) is 1.28. The van der Waals surface area contributed by atoms with Crippen LogP contribution in [0.2, 0.25) is 0 Å². The van der Waals surface area contributed by atoms with Gasteiger partial charge in [0.15, 0.2) is 0 Å². The molecule has 1 amide bonds. The van der Waals surface area contributed by atoms with Crippen LogP contribution >= 0.6 is 0 Å². The molecule has 0 aliphatic carbocycles. The number of carboxylic acids is 1. The van der Waals surface area contributed by atoms with Crippen molar-refractivity contribution in [3.8, 4) is 0 Å². The Morgan fingerprint density at radius 3 is 2.47 bits per heavy atom. The van der Waals surface area contributed by atoms with Gasteiger partial charge >= 0.3 is 5.97 Å². The van der Waals surface area contributed by atoms with E-state index in [4.69, 9.17) is 9.84 Å². The Balaban J connectivity index is 3.80. The van der Waals surface area contributed by atoms with Gasteiger partial charge in [0.1, 0.15) is 0 Å². The highest BCUT2D eigenvalue weighted by molar-refractivity contribution is 5.76. The van der Waals surface area contributed by atoms with Gasteiger partial charge in [-0.15, -0.1) is 0 Å². The van der Waals surface area contributed by atoms with Crippen LogP contribution in [-0.2, 0) is 14.3 Å². The van der Waals surface area contributed by atoms with Gasteiger partial charge in [0.25, 0.3) is 0 Å². The smallest absolute Gasteiger partial charge is 0.303 e.